The van der Waals surface area contributed by atoms with Gasteiger partial charge in [-0.05, 0) is 24.7 Å². The van der Waals surface area contributed by atoms with E-state index in [-0.39, 0.29) is 5.54 Å². The number of hydrogen-bond acceptors (Lipinski definition) is 3. The van der Waals surface area contributed by atoms with Gasteiger partial charge in [-0.25, -0.2) is 0 Å². The first-order chi connectivity index (χ1) is 8.56. The summed E-state index contributed by atoms with van der Waals surface area (Å²) in [6, 6.07) is 0. The molecule has 0 amide bonds. The maximum absolute atomic E-state index is 6.19. The molecule has 1 rings (SSSR count). The molecule has 0 aromatic rings. The van der Waals surface area contributed by atoms with Gasteiger partial charge in [0, 0.05) is 32.3 Å². The van der Waals surface area contributed by atoms with E-state index < -0.39 is 0 Å². The van der Waals surface area contributed by atoms with Crippen LogP contribution in [0.5, 0.6) is 0 Å². The number of nitrogens with two attached hydrogens (primary N) is 1. The van der Waals surface area contributed by atoms with Crippen molar-refractivity contribution in [2.45, 2.75) is 52.0 Å². The third-order valence-electron chi connectivity index (χ3n) is 4.55. The van der Waals surface area contributed by atoms with E-state index in [1.54, 1.807) is 7.11 Å². The minimum absolute atomic E-state index is 0.209. The first-order valence-corrected chi connectivity index (χ1v) is 7.51. The third-order valence-corrected chi connectivity index (χ3v) is 4.55. The lowest BCUT2D eigenvalue weighted by Crippen LogP contribution is -2.60. The van der Waals surface area contributed by atoms with Gasteiger partial charge in [-0.1, -0.05) is 33.6 Å². The van der Waals surface area contributed by atoms with E-state index in [4.69, 9.17) is 10.5 Å². The number of rotatable bonds is 7. The summed E-state index contributed by atoms with van der Waals surface area (Å²) in [7, 11) is 1.78. The van der Waals surface area contributed by atoms with Gasteiger partial charge in [0.25, 0.3) is 0 Å². The molecule has 3 heteroatoms. The summed E-state index contributed by atoms with van der Waals surface area (Å²) in [5.41, 5.74) is 6.40. The largest absolute Gasteiger partial charge is 0.383 e. The lowest BCUT2D eigenvalue weighted by atomic mass is 9.72. The number of ether oxygens (including phenoxy) is 1. The second-order valence-electron chi connectivity index (χ2n) is 6.29. The Morgan fingerprint density at radius 1 is 1.39 bits per heavy atom. The Kier molecular flexibility index (Phi) is 6.61. The van der Waals surface area contributed by atoms with Gasteiger partial charge in [-0.3, -0.25) is 4.90 Å². The van der Waals surface area contributed by atoms with E-state index in [2.05, 4.69) is 25.7 Å². The molecule has 0 aromatic heterocycles. The average molecular weight is 256 g/mol. The zero-order valence-electron chi connectivity index (χ0n) is 12.7. The molecule has 0 aromatic carbocycles. The standard InChI is InChI=1S/C15H32N2O/c1-13(2)11-17(9-10-18-4)15(12-16)8-6-5-7-14(15)3/h13-14H,5-12,16H2,1-4H3. The van der Waals surface area contributed by atoms with Gasteiger partial charge in [0.2, 0.25) is 0 Å². The van der Waals surface area contributed by atoms with Gasteiger partial charge in [0.1, 0.15) is 0 Å². The van der Waals surface area contributed by atoms with Crippen molar-refractivity contribution in [3.8, 4) is 0 Å². The molecule has 2 N–H and O–H groups in total. The maximum atomic E-state index is 6.19. The summed E-state index contributed by atoms with van der Waals surface area (Å²) in [5.74, 6) is 1.38. The fourth-order valence-corrected chi connectivity index (χ4v) is 3.44. The highest BCUT2D eigenvalue weighted by atomic mass is 16.5. The smallest absolute Gasteiger partial charge is 0.0589 e. The Labute approximate surface area is 113 Å². The van der Waals surface area contributed by atoms with Crippen molar-refractivity contribution in [1.82, 2.24) is 4.90 Å². The predicted molar refractivity (Wildman–Crippen MR) is 77.7 cm³/mol. The normalized spacial score (nSPS) is 29.2. The molecule has 1 fully saturated rings. The Balaban J connectivity index is 2.82. The average Bonchev–Trinajstić information content (AvgIpc) is 2.35. The van der Waals surface area contributed by atoms with Crippen LogP contribution >= 0.6 is 0 Å². The molecule has 0 heterocycles. The van der Waals surface area contributed by atoms with E-state index in [0.717, 1.165) is 26.2 Å². The van der Waals surface area contributed by atoms with Crippen LogP contribution in [0.25, 0.3) is 0 Å². The Morgan fingerprint density at radius 3 is 2.61 bits per heavy atom. The first kappa shape index (κ1) is 15.9. The molecule has 108 valence electrons. The van der Waals surface area contributed by atoms with Crippen LogP contribution in [0.2, 0.25) is 0 Å². The van der Waals surface area contributed by atoms with E-state index in [1.165, 1.54) is 25.7 Å². The highest BCUT2D eigenvalue weighted by molar-refractivity contribution is 4.98. The van der Waals surface area contributed by atoms with Crippen LogP contribution in [0.1, 0.15) is 46.5 Å². The molecule has 0 radical (unpaired) electrons. The van der Waals surface area contributed by atoms with Gasteiger partial charge in [-0.2, -0.15) is 0 Å². The van der Waals surface area contributed by atoms with E-state index in [0.29, 0.717) is 11.8 Å². The van der Waals surface area contributed by atoms with E-state index in [9.17, 15) is 0 Å². The second-order valence-corrected chi connectivity index (χ2v) is 6.29. The molecule has 18 heavy (non-hydrogen) atoms. The number of nitrogens with zero attached hydrogens (tertiary/aromatic N) is 1. The molecule has 3 nitrogen and oxygen atoms in total. The molecule has 2 atom stereocenters. The zero-order valence-corrected chi connectivity index (χ0v) is 12.7. The highest BCUT2D eigenvalue weighted by Gasteiger charge is 2.41. The fourth-order valence-electron chi connectivity index (χ4n) is 3.44. The van der Waals surface area contributed by atoms with Crippen LogP contribution in [-0.2, 0) is 4.74 Å². The summed E-state index contributed by atoms with van der Waals surface area (Å²) in [6.07, 6.45) is 5.26. The molecule has 1 aliphatic rings. The second kappa shape index (κ2) is 7.46. The summed E-state index contributed by atoms with van der Waals surface area (Å²) >= 11 is 0. The van der Waals surface area contributed by atoms with Crippen LogP contribution in [0.4, 0.5) is 0 Å². The van der Waals surface area contributed by atoms with E-state index in [1.807, 2.05) is 0 Å². The lowest BCUT2D eigenvalue weighted by molar-refractivity contribution is -0.00945. The summed E-state index contributed by atoms with van der Waals surface area (Å²) in [5, 5.41) is 0. The quantitative estimate of drug-likeness (QED) is 0.760. The molecule has 2 unspecified atom stereocenters. The SMILES string of the molecule is COCCN(CC(C)C)C1(CN)CCCCC1C. The van der Waals surface area contributed by atoms with Gasteiger partial charge in [0.05, 0.1) is 6.61 Å². The molecule has 0 spiro atoms. The summed E-state index contributed by atoms with van der Waals surface area (Å²) in [4.78, 5) is 2.62. The number of methoxy groups -OCH3 is 1. The van der Waals surface area contributed by atoms with Crippen molar-refractivity contribution in [1.29, 1.82) is 0 Å². The zero-order chi connectivity index (χ0) is 13.6. The van der Waals surface area contributed by atoms with Gasteiger partial charge in [-0.15, -0.1) is 0 Å². The van der Waals surface area contributed by atoms with Gasteiger partial charge in [0.15, 0.2) is 0 Å². The van der Waals surface area contributed by atoms with Crippen molar-refractivity contribution >= 4 is 0 Å². The molecule has 0 aliphatic heterocycles. The Bertz CT molecular complexity index is 233. The van der Waals surface area contributed by atoms with Crippen LogP contribution in [-0.4, -0.2) is 43.8 Å². The van der Waals surface area contributed by atoms with Crippen molar-refractivity contribution in [3.63, 3.8) is 0 Å². The predicted octanol–water partition coefficient (Wildman–Crippen LogP) is 2.50. The van der Waals surface area contributed by atoms with Gasteiger partial charge < -0.3 is 10.5 Å². The van der Waals surface area contributed by atoms with Crippen LogP contribution in [0.15, 0.2) is 0 Å². The lowest BCUT2D eigenvalue weighted by Gasteiger charge is -2.50. The minimum Gasteiger partial charge on any atom is -0.383 e. The van der Waals surface area contributed by atoms with Crippen molar-refractivity contribution in [2.24, 2.45) is 17.6 Å². The van der Waals surface area contributed by atoms with Crippen molar-refractivity contribution < 1.29 is 4.74 Å². The summed E-state index contributed by atoms with van der Waals surface area (Å²) < 4.78 is 5.29. The van der Waals surface area contributed by atoms with Crippen LogP contribution in [0, 0.1) is 11.8 Å². The third kappa shape index (κ3) is 3.69. The number of hydrogen-bond donors (Lipinski definition) is 1. The maximum Gasteiger partial charge on any atom is 0.0589 e. The topological polar surface area (TPSA) is 38.5 Å². The molecule has 0 bridgehead atoms. The van der Waals surface area contributed by atoms with Crippen LogP contribution in [0.3, 0.4) is 0 Å². The monoisotopic (exact) mass is 256 g/mol. The minimum atomic E-state index is 0.209. The Hall–Kier alpha value is -0.120. The molecule has 0 saturated heterocycles. The Morgan fingerprint density at radius 2 is 2.11 bits per heavy atom. The van der Waals surface area contributed by atoms with Gasteiger partial charge >= 0.3 is 0 Å². The first-order valence-electron chi connectivity index (χ1n) is 7.51. The molecule has 1 aliphatic carbocycles. The highest BCUT2D eigenvalue weighted by Crippen LogP contribution is 2.38. The summed E-state index contributed by atoms with van der Waals surface area (Å²) in [6.45, 7) is 10.7. The molecular formula is C15H32N2O. The van der Waals surface area contributed by atoms with E-state index >= 15 is 0 Å². The molecular weight excluding hydrogens is 224 g/mol. The van der Waals surface area contributed by atoms with Crippen LogP contribution < -0.4 is 5.73 Å². The van der Waals surface area contributed by atoms with Crippen molar-refractivity contribution in [3.05, 3.63) is 0 Å². The fraction of sp³-hybridized carbons (Fsp3) is 1.00. The molecule has 1 saturated carbocycles. The van der Waals surface area contributed by atoms with Crippen molar-refractivity contribution in [2.75, 3.05) is 33.4 Å².